The molecule has 0 spiro atoms. The van der Waals surface area contributed by atoms with E-state index in [0.29, 0.717) is 16.8 Å². The number of aliphatic hydroxyl groups excluding tert-OH is 1. The number of rotatable bonds is 7. The molecule has 1 heterocycles. The van der Waals surface area contributed by atoms with Crippen molar-refractivity contribution in [3.63, 3.8) is 0 Å². The number of aliphatic hydroxyl groups is 1. The largest absolute Gasteiger partial charge is 0.508 e. The van der Waals surface area contributed by atoms with Crippen LogP contribution in [0.5, 0.6) is 5.75 Å². The van der Waals surface area contributed by atoms with Crippen LogP contribution in [-0.2, 0) is 9.63 Å². The molecule has 8 heteroatoms. The highest BCUT2D eigenvalue weighted by atomic mass is 16.6. The van der Waals surface area contributed by atoms with Gasteiger partial charge >= 0.3 is 0 Å². The van der Waals surface area contributed by atoms with Gasteiger partial charge in [0.25, 0.3) is 5.91 Å². The minimum absolute atomic E-state index is 0.0271. The zero-order valence-electron chi connectivity index (χ0n) is 20.2. The van der Waals surface area contributed by atoms with Crippen molar-refractivity contribution in [2.24, 2.45) is 5.16 Å². The smallest absolute Gasteiger partial charge is 0.254 e. The fourth-order valence-electron chi connectivity index (χ4n) is 4.37. The third-order valence-corrected chi connectivity index (χ3v) is 6.25. The molecule has 2 atom stereocenters. The summed E-state index contributed by atoms with van der Waals surface area (Å²) < 4.78 is 0. The summed E-state index contributed by atoms with van der Waals surface area (Å²) in [4.78, 5) is 32.8. The predicted molar refractivity (Wildman–Crippen MR) is 137 cm³/mol. The molecule has 1 fully saturated rings. The van der Waals surface area contributed by atoms with Crippen LogP contribution in [0.4, 0.5) is 0 Å². The molecule has 0 unspecified atom stereocenters. The number of phenolic OH excluding ortho intramolecular Hbond substituents is 1. The van der Waals surface area contributed by atoms with Gasteiger partial charge in [-0.05, 0) is 53.4 Å². The lowest BCUT2D eigenvalue weighted by Gasteiger charge is -2.24. The van der Waals surface area contributed by atoms with Gasteiger partial charge in [-0.3, -0.25) is 9.59 Å². The van der Waals surface area contributed by atoms with Gasteiger partial charge in [0.2, 0.25) is 5.91 Å². The number of nitrogens with zero attached hydrogens (tertiary/aromatic N) is 2. The Morgan fingerprint density at radius 3 is 2.56 bits per heavy atom. The molecule has 186 valence electrons. The molecule has 3 aromatic rings. The number of carbonyl (C=O) groups is 2. The van der Waals surface area contributed by atoms with E-state index >= 15 is 0 Å². The predicted octanol–water partition coefficient (Wildman–Crippen LogP) is 3.43. The highest BCUT2D eigenvalue weighted by Gasteiger charge is 2.38. The number of aryl methyl sites for hydroxylation is 1. The van der Waals surface area contributed by atoms with E-state index < -0.39 is 18.1 Å². The topological polar surface area (TPSA) is 111 Å². The van der Waals surface area contributed by atoms with Gasteiger partial charge in [0.05, 0.1) is 18.4 Å². The summed E-state index contributed by atoms with van der Waals surface area (Å²) >= 11 is 0. The lowest BCUT2D eigenvalue weighted by Crippen LogP contribution is -2.46. The monoisotopic (exact) mass is 487 g/mol. The molecule has 1 saturated heterocycles. The second kappa shape index (κ2) is 11.0. The fourth-order valence-corrected chi connectivity index (χ4v) is 4.37. The Labute approximate surface area is 209 Å². The normalized spacial score (nSPS) is 17.1. The van der Waals surface area contributed by atoms with Crippen LogP contribution in [0.2, 0.25) is 0 Å². The number of benzene rings is 3. The first-order valence-corrected chi connectivity index (χ1v) is 11.7. The Hall–Kier alpha value is -4.17. The third-order valence-electron chi connectivity index (χ3n) is 6.25. The van der Waals surface area contributed by atoms with Crippen LogP contribution in [0.25, 0.3) is 11.1 Å². The van der Waals surface area contributed by atoms with Crippen molar-refractivity contribution in [3.8, 4) is 16.9 Å². The highest BCUT2D eigenvalue weighted by molar-refractivity contribution is 6.05. The fraction of sp³-hybridized carbons (Fsp3) is 0.250. The standard InChI is InChI=1S/C28H29N3O5/c1-18-6-3-4-9-24(18)19-10-12-20(13-11-19)28(35)31-17-22(30-36-2)15-25(31)27(34)29-16-26(33)21-7-5-8-23(32)14-21/h3-14,25-26,32-33H,15-17H2,1-2H3,(H,29,34)/t25-,26-/m0/s1. The number of amides is 2. The number of hydrogen-bond acceptors (Lipinski definition) is 6. The van der Waals surface area contributed by atoms with Crippen molar-refractivity contribution in [2.75, 3.05) is 20.2 Å². The van der Waals surface area contributed by atoms with Crippen LogP contribution in [0.3, 0.4) is 0 Å². The average Bonchev–Trinajstić information content (AvgIpc) is 3.31. The maximum absolute atomic E-state index is 13.4. The number of likely N-dealkylation sites (tertiary alicyclic amines) is 1. The Balaban J connectivity index is 1.48. The molecule has 8 nitrogen and oxygen atoms in total. The quantitative estimate of drug-likeness (QED) is 0.442. The molecular formula is C28H29N3O5. The van der Waals surface area contributed by atoms with Gasteiger partial charge in [0, 0.05) is 18.5 Å². The third kappa shape index (κ3) is 5.55. The van der Waals surface area contributed by atoms with E-state index in [1.54, 1.807) is 24.3 Å². The van der Waals surface area contributed by atoms with Crippen LogP contribution in [0.15, 0.2) is 78.0 Å². The summed E-state index contributed by atoms with van der Waals surface area (Å²) in [5.41, 5.74) is 4.75. The van der Waals surface area contributed by atoms with Crippen molar-refractivity contribution >= 4 is 17.5 Å². The van der Waals surface area contributed by atoms with Crippen molar-refractivity contribution in [1.29, 1.82) is 0 Å². The Bertz CT molecular complexity index is 1270. The van der Waals surface area contributed by atoms with Gasteiger partial charge in [0.15, 0.2) is 0 Å². The number of phenols is 1. The summed E-state index contributed by atoms with van der Waals surface area (Å²) in [6.07, 6.45) is -0.776. The van der Waals surface area contributed by atoms with Crippen LogP contribution < -0.4 is 5.32 Å². The van der Waals surface area contributed by atoms with Crippen LogP contribution in [-0.4, -0.2) is 58.9 Å². The van der Waals surface area contributed by atoms with Gasteiger partial charge in [-0.2, -0.15) is 0 Å². The second-order valence-corrected chi connectivity index (χ2v) is 8.74. The van der Waals surface area contributed by atoms with Crippen molar-refractivity contribution in [1.82, 2.24) is 10.2 Å². The number of carbonyl (C=O) groups excluding carboxylic acids is 2. The van der Waals surface area contributed by atoms with E-state index in [4.69, 9.17) is 4.84 Å². The molecule has 0 aliphatic carbocycles. The first-order valence-electron chi connectivity index (χ1n) is 11.7. The number of aromatic hydroxyl groups is 1. The molecule has 4 rings (SSSR count). The molecule has 36 heavy (non-hydrogen) atoms. The van der Waals surface area contributed by atoms with Gasteiger partial charge in [-0.15, -0.1) is 0 Å². The van der Waals surface area contributed by atoms with E-state index in [-0.39, 0.29) is 31.2 Å². The van der Waals surface area contributed by atoms with E-state index in [1.807, 2.05) is 43.3 Å². The first-order chi connectivity index (χ1) is 17.4. The van der Waals surface area contributed by atoms with Crippen LogP contribution in [0.1, 0.15) is 34.0 Å². The Morgan fingerprint density at radius 2 is 1.86 bits per heavy atom. The van der Waals surface area contributed by atoms with Crippen molar-refractivity contribution in [3.05, 3.63) is 89.5 Å². The summed E-state index contributed by atoms with van der Waals surface area (Å²) in [6.45, 7) is 2.14. The molecular weight excluding hydrogens is 458 g/mol. The SMILES string of the molecule is CON=C1C[C@@H](C(=O)NC[C@H](O)c2cccc(O)c2)N(C(=O)c2ccc(-c3ccccc3C)cc2)C1. The zero-order valence-corrected chi connectivity index (χ0v) is 20.2. The molecule has 2 amide bonds. The average molecular weight is 488 g/mol. The van der Waals surface area contributed by atoms with Crippen LogP contribution in [0, 0.1) is 6.92 Å². The number of oxime groups is 1. The second-order valence-electron chi connectivity index (χ2n) is 8.74. The molecule has 0 radical (unpaired) electrons. The van der Waals surface area contributed by atoms with Gasteiger partial charge in [0.1, 0.15) is 18.9 Å². The van der Waals surface area contributed by atoms with Gasteiger partial charge in [-0.1, -0.05) is 53.7 Å². The number of nitrogens with one attached hydrogen (secondary N) is 1. The maximum atomic E-state index is 13.4. The Kier molecular flexibility index (Phi) is 7.65. The molecule has 1 aliphatic heterocycles. The van der Waals surface area contributed by atoms with E-state index in [0.717, 1.165) is 16.7 Å². The maximum Gasteiger partial charge on any atom is 0.254 e. The van der Waals surface area contributed by atoms with Crippen molar-refractivity contribution in [2.45, 2.75) is 25.5 Å². The minimum atomic E-state index is -1.01. The zero-order chi connectivity index (χ0) is 25.7. The van der Waals surface area contributed by atoms with Gasteiger partial charge < -0.3 is 25.3 Å². The first kappa shape index (κ1) is 24.9. The molecule has 3 N–H and O–H groups in total. The lowest BCUT2D eigenvalue weighted by atomic mass is 9.99. The summed E-state index contributed by atoms with van der Waals surface area (Å²) in [7, 11) is 1.42. The minimum Gasteiger partial charge on any atom is -0.508 e. The van der Waals surface area contributed by atoms with E-state index in [2.05, 4.69) is 10.5 Å². The van der Waals surface area contributed by atoms with E-state index in [9.17, 15) is 19.8 Å². The summed E-state index contributed by atoms with van der Waals surface area (Å²) in [5.74, 6) is -0.666. The molecule has 0 bridgehead atoms. The molecule has 1 aliphatic rings. The van der Waals surface area contributed by atoms with E-state index in [1.165, 1.54) is 24.1 Å². The van der Waals surface area contributed by atoms with Crippen molar-refractivity contribution < 1.29 is 24.6 Å². The van der Waals surface area contributed by atoms with Crippen LogP contribution >= 0.6 is 0 Å². The molecule has 0 aromatic heterocycles. The van der Waals surface area contributed by atoms with Gasteiger partial charge in [-0.25, -0.2) is 0 Å². The summed E-state index contributed by atoms with van der Waals surface area (Å²) in [6, 6.07) is 20.8. The lowest BCUT2D eigenvalue weighted by molar-refractivity contribution is -0.125. The Morgan fingerprint density at radius 1 is 1.11 bits per heavy atom. The highest BCUT2D eigenvalue weighted by Crippen LogP contribution is 2.25. The number of hydrogen-bond donors (Lipinski definition) is 3. The molecule has 3 aromatic carbocycles. The molecule has 0 saturated carbocycles. The summed E-state index contributed by atoms with van der Waals surface area (Å²) in [5, 5.41) is 26.7.